The average molecular weight is 289 g/mol. The van der Waals surface area contributed by atoms with Crippen molar-refractivity contribution in [2.24, 2.45) is 5.73 Å². The van der Waals surface area contributed by atoms with Crippen LogP contribution < -0.4 is 10.5 Å². The molecule has 0 aliphatic rings. The van der Waals surface area contributed by atoms with E-state index in [1.807, 2.05) is 24.3 Å². The summed E-state index contributed by atoms with van der Waals surface area (Å²) in [5.41, 5.74) is 6.89. The van der Waals surface area contributed by atoms with Gasteiger partial charge in [-0.05, 0) is 35.7 Å². The maximum Gasteiger partial charge on any atom is 0.140 e. The minimum Gasteiger partial charge on any atom is -0.457 e. The predicted octanol–water partition coefficient (Wildman–Crippen LogP) is 4.38. The molecule has 2 rings (SSSR count). The Morgan fingerprint density at radius 2 is 1.80 bits per heavy atom. The summed E-state index contributed by atoms with van der Waals surface area (Å²) in [4.78, 5) is -0.0168. The molecular weight excluding hydrogens is 273 g/mol. The Hall–Kier alpha value is -1.94. The first-order valence-corrected chi connectivity index (χ1v) is 6.76. The molecule has 0 heterocycles. The summed E-state index contributed by atoms with van der Waals surface area (Å²) in [5, 5.41) is 0. The molecule has 20 heavy (non-hydrogen) atoms. The molecule has 4 heteroatoms. The quantitative estimate of drug-likeness (QED) is 0.849. The largest absolute Gasteiger partial charge is 0.457 e. The van der Waals surface area contributed by atoms with E-state index >= 15 is 0 Å². The van der Waals surface area contributed by atoms with Crippen LogP contribution in [-0.2, 0) is 0 Å². The van der Waals surface area contributed by atoms with Crippen LogP contribution in [0.2, 0.25) is 0 Å². The van der Waals surface area contributed by atoms with Gasteiger partial charge in [-0.25, -0.2) is 4.39 Å². The highest BCUT2D eigenvalue weighted by Crippen LogP contribution is 2.28. The molecule has 0 aliphatic heterocycles. The molecule has 0 bridgehead atoms. The minimum absolute atomic E-state index is 0.0168. The molecule has 0 fully saturated rings. The lowest BCUT2D eigenvalue weighted by Gasteiger charge is -2.12. The van der Waals surface area contributed by atoms with Crippen LogP contribution in [0, 0.1) is 5.82 Å². The molecular formula is C16H16FNOS. The maximum absolute atomic E-state index is 13.7. The normalized spacial score (nSPS) is 10.6. The Kier molecular flexibility index (Phi) is 4.35. The number of rotatable bonds is 4. The first-order chi connectivity index (χ1) is 9.49. The number of benzene rings is 2. The maximum atomic E-state index is 13.7. The molecule has 0 saturated carbocycles. The Balaban J connectivity index is 2.30. The van der Waals surface area contributed by atoms with Gasteiger partial charge in [0, 0.05) is 0 Å². The van der Waals surface area contributed by atoms with Gasteiger partial charge < -0.3 is 10.5 Å². The average Bonchev–Trinajstić information content (AvgIpc) is 2.39. The van der Waals surface area contributed by atoms with Crippen molar-refractivity contribution in [2.75, 3.05) is 0 Å². The Morgan fingerprint density at radius 3 is 2.35 bits per heavy atom. The van der Waals surface area contributed by atoms with Crippen LogP contribution in [0.3, 0.4) is 0 Å². The van der Waals surface area contributed by atoms with E-state index in [0.29, 0.717) is 17.4 Å². The van der Waals surface area contributed by atoms with Crippen molar-refractivity contribution in [3.8, 4) is 11.5 Å². The van der Waals surface area contributed by atoms with Crippen molar-refractivity contribution < 1.29 is 9.13 Å². The highest BCUT2D eigenvalue weighted by Gasteiger charge is 2.13. The summed E-state index contributed by atoms with van der Waals surface area (Å²) in [6, 6.07) is 12.2. The molecule has 2 N–H and O–H groups in total. The highest BCUT2D eigenvalue weighted by atomic mass is 32.1. The fourth-order valence-electron chi connectivity index (χ4n) is 1.88. The highest BCUT2D eigenvalue weighted by molar-refractivity contribution is 7.80. The third kappa shape index (κ3) is 3.14. The lowest BCUT2D eigenvalue weighted by atomic mass is 10.0. The third-order valence-electron chi connectivity index (χ3n) is 3.00. The molecule has 0 spiro atoms. The van der Waals surface area contributed by atoms with Gasteiger partial charge in [-0.3, -0.25) is 0 Å². The van der Waals surface area contributed by atoms with Gasteiger partial charge in [0.25, 0.3) is 0 Å². The SMILES string of the molecule is CC(C)c1ccc(Oc2cccc(F)c2C(N)=S)cc1. The van der Waals surface area contributed by atoms with Gasteiger partial charge in [0.1, 0.15) is 22.3 Å². The van der Waals surface area contributed by atoms with Gasteiger partial charge in [0.2, 0.25) is 0 Å². The van der Waals surface area contributed by atoms with Crippen LogP contribution in [0.1, 0.15) is 30.9 Å². The smallest absolute Gasteiger partial charge is 0.140 e. The molecule has 0 unspecified atom stereocenters. The summed E-state index contributed by atoms with van der Waals surface area (Å²) < 4.78 is 19.4. The van der Waals surface area contributed by atoms with E-state index in [9.17, 15) is 4.39 Å². The second kappa shape index (κ2) is 6.01. The molecule has 0 aliphatic carbocycles. The predicted molar refractivity (Wildman–Crippen MR) is 82.9 cm³/mol. The molecule has 0 radical (unpaired) electrons. The Labute approximate surface area is 123 Å². The number of halogens is 1. The summed E-state index contributed by atoms with van der Waals surface area (Å²) in [6.07, 6.45) is 0. The van der Waals surface area contributed by atoms with E-state index < -0.39 is 5.82 Å². The van der Waals surface area contributed by atoms with Crippen LogP contribution in [0.25, 0.3) is 0 Å². The van der Waals surface area contributed by atoms with Crippen LogP contribution in [0.15, 0.2) is 42.5 Å². The fraction of sp³-hybridized carbons (Fsp3) is 0.188. The zero-order chi connectivity index (χ0) is 14.7. The second-order valence-corrected chi connectivity index (χ2v) is 5.24. The van der Waals surface area contributed by atoms with E-state index in [4.69, 9.17) is 22.7 Å². The zero-order valence-electron chi connectivity index (χ0n) is 11.4. The van der Waals surface area contributed by atoms with E-state index in [1.165, 1.54) is 11.6 Å². The van der Waals surface area contributed by atoms with Crippen molar-refractivity contribution in [1.82, 2.24) is 0 Å². The summed E-state index contributed by atoms with van der Waals surface area (Å²) in [5.74, 6) is 0.923. The summed E-state index contributed by atoms with van der Waals surface area (Å²) in [6.45, 7) is 4.24. The van der Waals surface area contributed by atoms with Gasteiger partial charge in [-0.15, -0.1) is 0 Å². The first kappa shape index (κ1) is 14.5. The van der Waals surface area contributed by atoms with E-state index in [1.54, 1.807) is 12.1 Å². The number of hydrogen-bond donors (Lipinski definition) is 1. The molecule has 0 atom stereocenters. The second-order valence-electron chi connectivity index (χ2n) is 4.80. The number of hydrogen-bond acceptors (Lipinski definition) is 2. The number of nitrogens with two attached hydrogens (primary N) is 1. The summed E-state index contributed by atoms with van der Waals surface area (Å²) >= 11 is 4.87. The van der Waals surface area contributed by atoms with Crippen LogP contribution in [-0.4, -0.2) is 4.99 Å². The third-order valence-corrected chi connectivity index (χ3v) is 3.20. The minimum atomic E-state index is -0.478. The number of ether oxygens (including phenoxy) is 1. The van der Waals surface area contributed by atoms with Crippen molar-refractivity contribution in [2.45, 2.75) is 19.8 Å². The van der Waals surface area contributed by atoms with Gasteiger partial charge in [-0.2, -0.15) is 0 Å². The van der Waals surface area contributed by atoms with Crippen LogP contribution >= 0.6 is 12.2 Å². The van der Waals surface area contributed by atoms with Gasteiger partial charge in [0.15, 0.2) is 0 Å². The molecule has 0 aromatic heterocycles. The molecule has 0 amide bonds. The molecule has 104 valence electrons. The van der Waals surface area contributed by atoms with Crippen molar-refractivity contribution >= 4 is 17.2 Å². The van der Waals surface area contributed by atoms with Gasteiger partial charge in [-0.1, -0.05) is 44.3 Å². The number of thiocarbonyl (C=S) groups is 1. The van der Waals surface area contributed by atoms with Crippen molar-refractivity contribution in [1.29, 1.82) is 0 Å². The lowest BCUT2D eigenvalue weighted by Crippen LogP contribution is -2.13. The Bertz CT molecular complexity index is 623. The molecule has 2 nitrogen and oxygen atoms in total. The summed E-state index contributed by atoms with van der Waals surface area (Å²) in [7, 11) is 0. The lowest BCUT2D eigenvalue weighted by molar-refractivity contribution is 0.475. The van der Waals surface area contributed by atoms with Crippen LogP contribution in [0.5, 0.6) is 11.5 Å². The fourth-order valence-corrected chi connectivity index (χ4v) is 2.07. The van der Waals surface area contributed by atoms with Gasteiger partial charge in [0.05, 0.1) is 5.56 Å². The monoisotopic (exact) mass is 289 g/mol. The molecule has 2 aromatic rings. The van der Waals surface area contributed by atoms with E-state index in [2.05, 4.69) is 13.8 Å². The first-order valence-electron chi connectivity index (χ1n) is 6.35. The van der Waals surface area contributed by atoms with E-state index in [-0.39, 0.29) is 10.6 Å². The van der Waals surface area contributed by atoms with Crippen molar-refractivity contribution in [3.05, 3.63) is 59.4 Å². The Morgan fingerprint density at radius 1 is 1.15 bits per heavy atom. The zero-order valence-corrected chi connectivity index (χ0v) is 12.2. The standard InChI is InChI=1S/C16H16FNOS/c1-10(2)11-6-8-12(9-7-11)19-14-5-3-4-13(17)15(14)16(18)20/h3-10H,1-2H3,(H2,18,20). The molecule has 0 saturated heterocycles. The van der Waals surface area contributed by atoms with Crippen LogP contribution in [0.4, 0.5) is 4.39 Å². The molecule has 2 aromatic carbocycles. The van der Waals surface area contributed by atoms with E-state index in [0.717, 1.165) is 0 Å². The van der Waals surface area contributed by atoms with Gasteiger partial charge >= 0.3 is 0 Å². The van der Waals surface area contributed by atoms with Crippen molar-refractivity contribution in [3.63, 3.8) is 0 Å². The topological polar surface area (TPSA) is 35.2 Å².